The fourth-order valence-corrected chi connectivity index (χ4v) is 1.79. The maximum Gasteiger partial charge on any atom is 0.0561 e. The molecule has 0 unspecified atom stereocenters. The van der Waals surface area contributed by atoms with Gasteiger partial charge in [-0.15, -0.1) is 11.8 Å². The molecule has 0 heterocycles. The molecule has 0 spiro atoms. The molecule has 2 aromatic carbocycles. The Hall–Kier alpha value is -1.74. The Bertz CT molecular complexity index is 477. The standard InChI is InChI=1S/C14H14N2S/c1-17-14-9-7-12(8-10-14)11-15-16-13-5-3-2-4-6-13/h2-11,16H,1H3/b15-11+. The lowest BCUT2D eigenvalue weighted by Crippen LogP contribution is -1.89. The van der Waals surface area contributed by atoms with Crippen LogP contribution in [-0.2, 0) is 0 Å². The van der Waals surface area contributed by atoms with E-state index in [1.165, 1.54) is 4.90 Å². The van der Waals surface area contributed by atoms with E-state index in [-0.39, 0.29) is 0 Å². The van der Waals surface area contributed by atoms with Crippen molar-refractivity contribution in [2.45, 2.75) is 4.90 Å². The van der Waals surface area contributed by atoms with Gasteiger partial charge in [-0.2, -0.15) is 5.10 Å². The summed E-state index contributed by atoms with van der Waals surface area (Å²) in [4.78, 5) is 1.26. The summed E-state index contributed by atoms with van der Waals surface area (Å²) >= 11 is 1.74. The molecule has 3 heteroatoms. The third-order valence-corrected chi connectivity index (χ3v) is 3.04. The highest BCUT2D eigenvalue weighted by Gasteiger charge is 1.90. The average molecular weight is 242 g/mol. The van der Waals surface area contributed by atoms with Crippen LogP contribution in [0.2, 0.25) is 0 Å². The lowest BCUT2D eigenvalue weighted by molar-refractivity contribution is 1.35. The van der Waals surface area contributed by atoms with Gasteiger partial charge in [0, 0.05) is 4.90 Å². The molecule has 0 aliphatic heterocycles. The van der Waals surface area contributed by atoms with Crippen LogP contribution in [0, 0.1) is 0 Å². The fourth-order valence-electron chi connectivity index (χ4n) is 1.38. The van der Waals surface area contributed by atoms with Crippen LogP contribution in [0.1, 0.15) is 5.56 Å². The van der Waals surface area contributed by atoms with Gasteiger partial charge in [-0.1, -0.05) is 30.3 Å². The number of hydrogen-bond donors (Lipinski definition) is 1. The van der Waals surface area contributed by atoms with Crippen molar-refractivity contribution in [3.8, 4) is 0 Å². The first kappa shape index (κ1) is 11.7. The zero-order valence-electron chi connectivity index (χ0n) is 9.63. The third-order valence-electron chi connectivity index (χ3n) is 2.30. The summed E-state index contributed by atoms with van der Waals surface area (Å²) in [6, 6.07) is 18.2. The van der Waals surface area contributed by atoms with E-state index < -0.39 is 0 Å². The van der Waals surface area contributed by atoms with Crippen LogP contribution in [0.3, 0.4) is 0 Å². The van der Waals surface area contributed by atoms with Gasteiger partial charge >= 0.3 is 0 Å². The maximum atomic E-state index is 4.19. The number of nitrogens with one attached hydrogen (secondary N) is 1. The van der Waals surface area contributed by atoms with Gasteiger partial charge in [0.25, 0.3) is 0 Å². The van der Waals surface area contributed by atoms with Gasteiger partial charge in [0.05, 0.1) is 11.9 Å². The van der Waals surface area contributed by atoms with E-state index in [0.717, 1.165) is 11.3 Å². The van der Waals surface area contributed by atoms with Crippen molar-refractivity contribution in [2.75, 3.05) is 11.7 Å². The first-order valence-corrected chi connectivity index (χ1v) is 6.59. The third kappa shape index (κ3) is 3.64. The Labute approximate surface area is 106 Å². The van der Waals surface area contributed by atoms with E-state index in [4.69, 9.17) is 0 Å². The van der Waals surface area contributed by atoms with Crippen molar-refractivity contribution in [1.82, 2.24) is 0 Å². The van der Waals surface area contributed by atoms with Crippen LogP contribution >= 0.6 is 11.8 Å². The monoisotopic (exact) mass is 242 g/mol. The minimum atomic E-state index is 0.990. The van der Waals surface area contributed by atoms with Gasteiger partial charge in [0.1, 0.15) is 0 Å². The average Bonchev–Trinajstić information content (AvgIpc) is 2.41. The van der Waals surface area contributed by atoms with Crippen LogP contribution < -0.4 is 5.43 Å². The predicted molar refractivity (Wildman–Crippen MR) is 75.9 cm³/mol. The molecule has 0 aliphatic carbocycles. The van der Waals surface area contributed by atoms with Crippen molar-refractivity contribution in [2.24, 2.45) is 5.10 Å². The van der Waals surface area contributed by atoms with Crippen LogP contribution in [0.4, 0.5) is 5.69 Å². The SMILES string of the molecule is CSc1ccc(/C=N/Nc2ccccc2)cc1. The molecule has 1 N–H and O–H groups in total. The van der Waals surface area contributed by atoms with Crippen LogP contribution in [0.5, 0.6) is 0 Å². The second-order valence-electron chi connectivity index (χ2n) is 3.51. The quantitative estimate of drug-likeness (QED) is 0.500. The summed E-state index contributed by atoms with van der Waals surface area (Å²) in [5.74, 6) is 0. The van der Waals surface area contributed by atoms with Crippen molar-refractivity contribution in [3.05, 3.63) is 60.2 Å². The second kappa shape index (κ2) is 6.11. The van der Waals surface area contributed by atoms with Crippen molar-refractivity contribution in [3.63, 3.8) is 0 Å². The Morgan fingerprint density at radius 2 is 1.71 bits per heavy atom. The zero-order chi connectivity index (χ0) is 11.9. The molecule has 2 nitrogen and oxygen atoms in total. The summed E-state index contributed by atoms with van der Waals surface area (Å²) in [7, 11) is 0. The first-order chi connectivity index (χ1) is 8.38. The van der Waals surface area contributed by atoms with Crippen molar-refractivity contribution < 1.29 is 0 Å². The lowest BCUT2D eigenvalue weighted by atomic mass is 10.2. The number of thioether (sulfide) groups is 1. The summed E-state index contributed by atoms with van der Waals surface area (Å²) in [5.41, 5.74) is 5.07. The number of benzene rings is 2. The minimum absolute atomic E-state index is 0.990. The van der Waals surface area contributed by atoms with Gasteiger partial charge in [-0.05, 0) is 36.1 Å². The number of para-hydroxylation sites is 1. The topological polar surface area (TPSA) is 24.4 Å². The Morgan fingerprint density at radius 1 is 1.00 bits per heavy atom. The number of anilines is 1. The van der Waals surface area contributed by atoms with Gasteiger partial charge < -0.3 is 0 Å². The van der Waals surface area contributed by atoms with Gasteiger partial charge in [0.15, 0.2) is 0 Å². The smallest absolute Gasteiger partial charge is 0.0561 e. The molecule has 0 radical (unpaired) electrons. The molecule has 0 fully saturated rings. The highest BCUT2D eigenvalue weighted by atomic mass is 32.2. The lowest BCUT2D eigenvalue weighted by Gasteiger charge is -1.99. The van der Waals surface area contributed by atoms with Gasteiger partial charge in [-0.3, -0.25) is 5.43 Å². The highest BCUT2D eigenvalue weighted by Crippen LogP contribution is 2.14. The number of hydrogen-bond acceptors (Lipinski definition) is 3. The maximum absolute atomic E-state index is 4.19. The molecule has 0 saturated heterocycles. The molecule has 0 aliphatic rings. The Morgan fingerprint density at radius 3 is 2.35 bits per heavy atom. The van der Waals surface area contributed by atoms with Crippen LogP contribution in [0.25, 0.3) is 0 Å². The second-order valence-corrected chi connectivity index (χ2v) is 4.39. The molecular formula is C14H14N2S. The molecule has 0 atom stereocenters. The molecule has 0 saturated carbocycles. The Balaban J connectivity index is 1.96. The molecule has 0 aromatic heterocycles. The zero-order valence-corrected chi connectivity index (χ0v) is 10.4. The summed E-state index contributed by atoms with van der Waals surface area (Å²) < 4.78 is 0. The fraction of sp³-hybridized carbons (Fsp3) is 0.0714. The number of hydrazone groups is 1. The molecule has 0 amide bonds. The minimum Gasteiger partial charge on any atom is -0.279 e. The number of rotatable bonds is 4. The molecule has 2 aromatic rings. The molecular weight excluding hydrogens is 228 g/mol. The predicted octanol–water partition coefficient (Wildman–Crippen LogP) is 3.85. The van der Waals surface area contributed by atoms with E-state index in [1.807, 2.05) is 36.5 Å². The Kier molecular flexibility index (Phi) is 4.22. The molecule has 17 heavy (non-hydrogen) atoms. The van der Waals surface area contributed by atoms with E-state index in [1.54, 1.807) is 11.8 Å². The summed E-state index contributed by atoms with van der Waals surface area (Å²) in [5, 5.41) is 4.19. The number of nitrogens with zero attached hydrogens (tertiary/aromatic N) is 1. The molecule has 2 rings (SSSR count). The van der Waals surface area contributed by atoms with Crippen molar-refractivity contribution >= 4 is 23.7 Å². The van der Waals surface area contributed by atoms with E-state index in [0.29, 0.717) is 0 Å². The highest BCUT2D eigenvalue weighted by molar-refractivity contribution is 7.98. The van der Waals surface area contributed by atoms with Crippen LogP contribution in [-0.4, -0.2) is 12.5 Å². The largest absolute Gasteiger partial charge is 0.279 e. The van der Waals surface area contributed by atoms with E-state index in [9.17, 15) is 0 Å². The van der Waals surface area contributed by atoms with Gasteiger partial charge in [0.2, 0.25) is 0 Å². The van der Waals surface area contributed by atoms with Crippen LogP contribution in [0.15, 0.2) is 64.6 Å². The first-order valence-electron chi connectivity index (χ1n) is 5.36. The van der Waals surface area contributed by atoms with Gasteiger partial charge in [-0.25, -0.2) is 0 Å². The van der Waals surface area contributed by atoms with E-state index >= 15 is 0 Å². The molecule has 86 valence electrons. The molecule has 0 bridgehead atoms. The summed E-state index contributed by atoms with van der Waals surface area (Å²) in [6.07, 6.45) is 3.89. The summed E-state index contributed by atoms with van der Waals surface area (Å²) in [6.45, 7) is 0. The van der Waals surface area contributed by atoms with Crippen molar-refractivity contribution in [1.29, 1.82) is 0 Å². The normalized spacial score (nSPS) is 10.6. The van der Waals surface area contributed by atoms with E-state index in [2.05, 4.69) is 41.0 Å².